The number of carbonyl (C=O) groups excluding carboxylic acids is 2. The predicted molar refractivity (Wildman–Crippen MR) is 91.1 cm³/mol. The van der Waals surface area contributed by atoms with Gasteiger partial charge < -0.3 is 20.7 Å². The molecule has 0 bridgehead atoms. The van der Waals surface area contributed by atoms with Gasteiger partial charge in [-0.3, -0.25) is 9.59 Å². The Labute approximate surface area is 139 Å². The van der Waals surface area contributed by atoms with E-state index >= 15 is 0 Å². The lowest BCUT2D eigenvalue weighted by molar-refractivity contribution is -0.114. The van der Waals surface area contributed by atoms with Gasteiger partial charge in [0.1, 0.15) is 11.5 Å². The highest BCUT2D eigenvalue weighted by Gasteiger charge is 2.09. The highest BCUT2D eigenvalue weighted by atomic mass is 16.5. The van der Waals surface area contributed by atoms with E-state index < -0.39 is 0 Å². The van der Waals surface area contributed by atoms with Crippen molar-refractivity contribution in [2.24, 2.45) is 0 Å². The van der Waals surface area contributed by atoms with Crippen LogP contribution < -0.4 is 16.0 Å². The van der Waals surface area contributed by atoms with Gasteiger partial charge in [0.25, 0.3) is 5.91 Å². The molecule has 0 aliphatic carbocycles. The Kier molecular flexibility index (Phi) is 6.21. The molecule has 0 radical (unpaired) electrons. The van der Waals surface area contributed by atoms with Crippen LogP contribution in [0.25, 0.3) is 0 Å². The lowest BCUT2D eigenvalue weighted by Gasteiger charge is -2.08. The largest absolute Gasteiger partial charge is 0.383 e. The number of nitrogens with one attached hydrogen (secondary N) is 3. The summed E-state index contributed by atoms with van der Waals surface area (Å²) in [5.41, 5.74) is 1.34. The second-order valence-electron chi connectivity index (χ2n) is 4.92. The van der Waals surface area contributed by atoms with Gasteiger partial charge in [-0.1, -0.05) is 6.07 Å². The van der Waals surface area contributed by atoms with E-state index in [4.69, 9.17) is 4.74 Å². The van der Waals surface area contributed by atoms with Crippen LogP contribution in [0.3, 0.4) is 0 Å². The average molecular weight is 329 g/mol. The Hall–Kier alpha value is -3.00. The van der Waals surface area contributed by atoms with Crippen molar-refractivity contribution in [1.29, 1.82) is 0 Å². The van der Waals surface area contributed by atoms with Crippen LogP contribution >= 0.6 is 0 Å². The highest BCUT2D eigenvalue weighted by molar-refractivity contribution is 6.03. The smallest absolute Gasteiger partial charge is 0.275 e. The van der Waals surface area contributed by atoms with Gasteiger partial charge in [-0.2, -0.15) is 0 Å². The van der Waals surface area contributed by atoms with Crippen molar-refractivity contribution in [3.8, 4) is 0 Å². The van der Waals surface area contributed by atoms with Crippen LogP contribution in [0.15, 0.2) is 36.7 Å². The summed E-state index contributed by atoms with van der Waals surface area (Å²) in [6.07, 6.45) is 2.88. The minimum Gasteiger partial charge on any atom is -0.383 e. The standard InChI is InChI=1S/C16H19N5O3/c1-11(22)20-12-4-3-5-13(8-12)21-16(23)14-9-19-15(10-18-14)17-6-7-24-2/h3-5,8-10H,6-7H2,1-2H3,(H,17,19)(H,20,22)(H,21,23). The summed E-state index contributed by atoms with van der Waals surface area (Å²) in [6.45, 7) is 2.57. The van der Waals surface area contributed by atoms with E-state index in [1.54, 1.807) is 31.4 Å². The van der Waals surface area contributed by atoms with Crippen molar-refractivity contribution < 1.29 is 14.3 Å². The van der Waals surface area contributed by atoms with Gasteiger partial charge in [0, 0.05) is 32.0 Å². The topological polar surface area (TPSA) is 105 Å². The summed E-state index contributed by atoms with van der Waals surface area (Å²) < 4.78 is 4.92. The van der Waals surface area contributed by atoms with Crippen LogP contribution in [0.1, 0.15) is 17.4 Å². The van der Waals surface area contributed by atoms with Gasteiger partial charge in [-0.25, -0.2) is 9.97 Å². The molecule has 8 heteroatoms. The second kappa shape index (κ2) is 8.59. The molecule has 24 heavy (non-hydrogen) atoms. The maximum absolute atomic E-state index is 12.2. The highest BCUT2D eigenvalue weighted by Crippen LogP contribution is 2.15. The molecule has 1 aromatic heterocycles. The van der Waals surface area contributed by atoms with E-state index in [2.05, 4.69) is 25.9 Å². The molecule has 2 aromatic rings. The van der Waals surface area contributed by atoms with E-state index in [-0.39, 0.29) is 17.5 Å². The second-order valence-corrected chi connectivity index (χ2v) is 4.92. The first-order chi connectivity index (χ1) is 11.6. The van der Waals surface area contributed by atoms with E-state index in [0.717, 1.165) is 0 Å². The SMILES string of the molecule is COCCNc1cnc(C(=O)Nc2cccc(NC(C)=O)c2)cn1. The number of hydrogen-bond donors (Lipinski definition) is 3. The fraction of sp³-hybridized carbons (Fsp3) is 0.250. The first-order valence-electron chi connectivity index (χ1n) is 7.32. The Morgan fingerprint density at radius 3 is 2.50 bits per heavy atom. The van der Waals surface area contributed by atoms with E-state index in [1.165, 1.54) is 19.3 Å². The normalized spacial score (nSPS) is 10.1. The zero-order valence-electron chi connectivity index (χ0n) is 13.5. The van der Waals surface area contributed by atoms with Crippen LogP contribution in [0.5, 0.6) is 0 Å². The van der Waals surface area contributed by atoms with E-state index in [9.17, 15) is 9.59 Å². The molecular weight excluding hydrogens is 310 g/mol. The maximum atomic E-state index is 12.2. The minimum absolute atomic E-state index is 0.180. The third kappa shape index (κ3) is 5.33. The minimum atomic E-state index is -0.383. The van der Waals surface area contributed by atoms with Crippen molar-refractivity contribution in [3.63, 3.8) is 0 Å². The Morgan fingerprint density at radius 1 is 1.12 bits per heavy atom. The molecule has 0 aliphatic rings. The number of methoxy groups -OCH3 is 1. The number of amides is 2. The van der Waals surface area contributed by atoms with Crippen LogP contribution in [0.4, 0.5) is 17.2 Å². The lowest BCUT2D eigenvalue weighted by Crippen LogP contribution is -2.15. The van der Waals surface area contributed by atoms with Gasteiger partial charge in [-0.15, -0.1) is 0 Å². The van der Waals surface area contributed by atoms with Gasteiger partial charge in [0.2, 0.25) is 5.91 Å². The molecule has 1 aromatic carbocycles. The number of nitrogens with zero attached hydrogens (tertiary/aromatic N) is 2. The quantitative estimate of drug-likeness (QED) is 0.668. The van der Waals surface area contributed by atoms with Crippen LogP contribution in [-0.2, 0) is 9.53 Å². The number of anilines is 3. The molecule has 0 aliphatic heterocycles. The van der Waals surface area contributed by atoms with Crippen molar-refractivity contribution in [1.82, 2.24) is 9.97 Å². The molecule has 8 nitrogen and oxygen atoms in total. The third-order valence-electron chi connectivity index (χ3n) is 2.94. The summed E-state index contributed by atoms with van der Waals surface area (Å²) in [4.78, 5) is 31.4. The molecule has 2 rings (SSSR count). The predicted octanol–water partition coefficient (Wildman–Crippen LogP) is 1.75. The van der Waals surface area contributed by atoms with E-state index in [1.807, 2.05) is 0 Å². The van der Waals surface area contributed by atoms with Gasteiger partial charge in [-0.05, 0) is 18.2 Å². The van der Waals surface area contributed by atoms with Crippen molar-refractivity contribution >= 4 is 29.0 Å². The first-order valence-corrected chi connectivity index (χ1v) is 7.32. The first kappa shape index (κ1) is 17.4. The lowest BCUT2D eigenvalue weighted by atomic mass is 10.2. The fourth-order valence-electron chi connectivity index (χ4n) is 1.89. The number of rotatable bonds is 7. The number of ether oxygens (including phenoxy) is 1. The van der Waals surface area contributed by atoms with Gasteiger partial charge >= 0.3 is 0 Å². The molecule has 0 unspecified atom stereocenters. The summed E-state index contributed by atoms with van der Waals surface area (Å²) >= 11 is 0. The average Bonchev–Trinajstić information content (AvgIpc) is 2.55. The molecule has 0 saturated heterocycles. The molecule has 0 saturated carbocycles. The number of benzene rings is 1. The molecule has 0 atom stereocenters. The molecule has 0 spiro atoms. The number of carbonyl (C=O) groups is 2. The number of aromatic nitrogens is 2. The Bertz CT molecular complexity index is 703. The van der Waals surface area contributed by atoms with Crippen LogP contribution in [0, 0.1) is 0 Å². The van der Waals surface area contributed by atoms with Crippen molar-refractivity contribution in [2.45, 2.75) is 6.92 Å². The zero-order valence-corrected chi connectivity index (χ0v) is 13.5. The summed E-state index contributed by atoms with van der Waals surface area (Å²) in [5, 5.41) is 8.38. The Balaban J connectivity index is 1.98. The molecule has 2 amide bonds. The maximum Gasteiger partial charge on any atom is 0.275 e. The zero-order chi connectivity index (χ0) is 17.4. The fourth-order valence-corrected chi connectivity index (χ4v) is 1.89. The van der Waals surface area contributed by atoms with Crippen molar-refractivity contribution in [3.05, 3.63) is 42.4 Å². The molecule has 3 N–H and O–H groups in total. The molecule has 1 heterocycles. The molecular formula is C16H19N5O3. The Morgan fingerprint density at radius 2 is 1.88 bits per heavy atom. The monoisotopic (exact) mass is 329 g/mol. The summed E-state index contributed by atoms with van der Waals surface area (Å²) in [5.74, 6) is 0.00285. The van der Waals surface area contributed by atoms with E-state index in [0.29, 0.717) is 30.3 Å². The van der Waals surface area contributed by atoms with Crippen LogP contribution in [-0.4, -0.2) is 42.0 Å². The molecule has 0 fully saturated rings. The van der Waals surface area contributed by atoms with Gasteiger partial charge in [0.15, 0.2) is 0 Å². The van der Waals surface area contributed by atoms with Crippen LogP contribution in [0.2, 0.25) is 0 Å². The molecule has 126 valence electrons. The number of hydrogen-bond acceptors (Lipinski definition) is 6. The summed E-state index contributed by atoms with van der Waals surface area (Å²) in [6, 6.07) is 6.84. The summed E-state index contributed by atoms with van der Waals surface area (Å²) in [7, 11) is 1.61. The van der Waals surface area contributed by atoms with Gasteiger partial charge in [0.05, 0.1) is 19.0 Å². The third-order valence-corrected chi connectivity index (χ3v) is 2.94. The van der Waals surface area contributed by atoms with Crippen molar-refractivity contribution in [2.75, 3.05) is 36.2 Å².